The maximum absolute atomic E-state index is 12.1. The van der Waals surface area contributed by atoms with Crippen LogP contribution >= 0.6 is 11.3 Å². The molecule has 3 rings (SSSR count). The number of amides is 1. The normalized spacial score (nSPS) is 17.2. The minimum Gasteiger partial charge on any atom is -0.491 e. The number of aromatic nitrogens is 1. The third-order valence-corrected chi connectivity index (χ3v) is 5.10. The Morgan fingerprint density at radius 3 is 2.72 bits per heavy atom. The highest BCUT2D eigenvalue weighted by Crippen LogP contribution is 2.24. The van der Waals surface area contributed by atoms with E-state index in [1.165, 1.54) is 11.3 Å². The number of hydrogen-bond acceptors (Lipinski definition) is 6. The van der Waals surface area contributed by atoms with E-state index in [1.54, 1.807) is 6.20 Å². The van der Waals surface area contributed by atoms with Gasteiger partial charge in [0.05, 0.1) is 6.54 Å². The van der Waals surface area contributed by atoms with E-state index in [9.17, 15) is 9.90 Å². The molecule has 7 heteroatoms. The second-order valence-electron chi connectivity index (χ2n) is 6.43. The number of rotatable bonds is 6. The molecule has 0 unspecified atom stereocenters. The molecular formula is C18H23N3O3S. The maximum atomic E-state index is 12.1. The van der Waals surface area contributed by atoms with Gasteiger partial charge in [-0.15, -0.1) is 11.3 Å². The first-order valence-electron chi connectivity index (χ1n) is 8.37. The first kappa shape index (κ1) is 17.8. The van der Waals surface area contributed by atoms with Gasteiger partial charge in [-0.25, -0.2) is 4.98 Å². The molecule has 1 fully saturated rings. The number of para-hydroxylation sites is 1. The zero-order valence-corrected chi connectivity index (χ0v) is 15.1. The Morgan fingerprint density at radius 1 is 1.36 bits per heavy atom. The van der Waals surface area contributed by atoms with E-state index in [0.717, 1.165) is 10.6 Å². The standard InChI is InChI=1S/C18H23N3O3S/c1-14-11-19-17(25-14)20-16(22)12-21-9-7-18(23,8-10-21)13-24-15-5-3-2-4-6-15/h2-6,11,23H,7-10,12-13H2,1H3,(H,19,20,22). The van der Waals surface area contributed by atoms with Crippen LogP contribution in [0.4, 0.5) is 5.13 Å². The molecule has 0 radical (unpaired) electrons. The number of likely N-dealkylation sites (tertiary alicyclic amines) is 1. The van der Waals surface area contributed by atoms with Crippen LogP contribution in [0.2, 0.25) is 0 Å². The van der Waals surface area contributed by atoms with Crippen LogP contribution in [-0.2, 0) is 4.79 Å². The van der Waals surface area contributed by atoms with E-state index in [1.807, 2.05) is 42.2 Å². The Bertz CT molecular complexity index is 697. The third-order valence-electron chi connectivity index (χ3n) is 4.27. The highest BCUT2D eigenvalue weighted by molar-refractivity contribution is 7.15. The Kier molecular flexibility index (Phi) is 5.67. The van der Waals surface area contributed by atoms with E-state index < -0.39 is 5.60 Å². The minimum absolute atomic E-state index is 0.0691. The summed E-state index contributed by atoms with van der Waals surface area (Å²) in [6, 6.07) is 9.50. The van der Waals surface area contributed by atoms with Gasteiger partial charge >= 0.3 is 0 Å². The Balaban J connectivity index is 1.42. The van der Waals surface area contributed by atoms with Gasteiger partial charge in [0, 0.05) is 24.2 Å². The van der Waals surface area contributed by atoms with E-state index in [4.69, 9.17) is 4.74 Å². The molecular weight excluding hydrogens is 338 g/mol. The van der Waals surface area contributed by atoms with Crippen molar-refractivity contribution in [3.05, 3.63) is 41.4 Å². The van der Waals surface area contributed by atoms with Crippen molar-refractivity contribution in [1.29, 1.82) is 0 Å². The summed E-state index contributed by atoms with van der Waals surface area (Å²) in [7, 11) is 0. The second kappa shape index (κ2) is 7.95. The number of carbonyl (C=O) groups excluding carboxylic acids is 1. The molecule has 1 amide bonds. The number of aliphatic hydroxyl groups is 1. The van der Waals surface area contributed by atoms with Crippen molar-refractivity contribution in [2.24, 2.45) is 0 Å². The van der Waals surface area contributed by atoms with Gasteiger partial charge in [0.1, 0.15) is 18.0 Å². The van der Waals surface area contributed by atoms with Crippen molar-refractivity contribution in [3.63, 3.8) is 0 Å². The molecule has 0 aliphatic carbocycles. The molecule has 1 aliphatic heterocycles. The summed E-state index contributed by atoms with van der Waals surface area (Å²) in [6.45, 7) is 3.87. The summed E-state index contributed by atoms with van der Waals surface area (Å²) < 4.78 is 5.69. The van der Waals surface area contributed by atoms with Crippen molar-refractivity contribution in [1.82, 2.24) is 9.88 Å². The number of carbonyl (C=O) groups is 1. The highest BCUT2D eigenvalue weighted by Gasteiger charge is 2.33. The van der Waals surface area contributed by atoms with E-state index >= 15 is 0 Å². The van der Waals surface area contributed by atoms with Gasteiger partial charge in [-0.2, -0.15) is 0 Å². The second-order valence-corrected chi connectivity index (χ2v) is 7.66. The lowest BCUT2D eigenvalue weighted by Gasteiger charge is -2.37. The monoisotopic (exact) mass is 361 g/mol. The van der Waals surface area contributed by atoms with Gasteiger partial charge in [0.25, 0.3) is 0 Å². The topological polar surface area (TPSA) is 74.7 Å². The van der Waals surface area contributed by atoms with Gasteiger partial charge in [-0.05, 0) is 31.9 Å². The smallest absolute Gasteiger partial charge is 0.240 e. The van der Waals surface area contributed by atoms with E-state index in [-0.39, 0.29) is 12.5 Å². The number of thiazole rings is 1. The number of benzene rings is 1. The summed E-state index contributed by atoms with van der Waals surface area (Å²) in [5.74, 6) is 0.691. The Hall–Kier alpha value is -1.96. The van der Waals surface area contributed by atoms with Gasteiger partial charge in [-0.3, -0.25) is 9.69 Å². The van der Waals surface area contributed by atoms with E-state index in [0.29, 0.717) is 37.6 Å². The number of nitrogens with zero attached hydrogens (tertiary/aromatic N) is 2. The molecule has 1 aliphatic rings. The van der Waals surface area contributed by atoms with Crippen LogP contribution in [0.15, 0.2) is 36.5 Å². The van der Waals surface area contributed by atoms with Crippen LogP contribution in [0, 0.1) is 6.92 Å². The lowest BCUT2D eigenvalue weighted by molar-refractivity contribution is -0.119. The highest BCUT2D eigenvalue weighted by atomic mass is 32.1. The summed E-state index contributed by atoms with van der Waals surface area (Å²) in [5.41, 5.74) is -0.838. The molecule has 6 nitrogen and oxygen atoms in total. The third kappa shape index (κ3) is 5.26. The van der Waals surface area contributed by atoms with E-state index in [2.05, 4.69) is 10.3 Å². The Morgan fingerprint density at radius 2 is 2.08 bits per heavy atom. The lowest BCUT2D eigenvalue weighted by atomic mass is 9.92. The number of hydrogen-bond donors (Lipinski definition) is 2. The zero-order valence-electron chi connectivity index (χ0n) is 14.3. The van der Waals surface area contributed by atoms with Crippen LogP contribution in [0.5, 0.6) is 5.75 Å². The maximum Gasteiger partial charge on any atom is 0.240 e. The van der Waals surface area contributed by atoms with Gasteiger partial charge in [-0.1, -0.05) is 18.2 Å². The molecule has 0 atom stereocenters. The summed E-state index contributed by atoms with van der Waals surface area (Å²) >= 11 is 1.46. The number of nitrogens with one attached hydrogen (secondary N) is 1. The van der Waals surface area contributed by atoms with Crippen molar-refractivity contribution in [2.45, 2.75) is 25.4 Å². The number of anilines is 1. The number of aryl methyl sites for hydroxylation is 1. The molecule has 1 saturated heterocycles. The summed E-state index contributed by atoms with van der Waals surface area (Å²) in [6.07, 6.45) is 2.92. The first-order chi connectivity index (χ1) is 12.0. The molecule has 134 valence electrons. The average Bonchev–Trinajstić information content (AvgIpc) is 3.01. The van der Waals surface area contributed by atoms with Gasteiger partial charge in [0.2, 0.25) is 5.91 Å². The van der Waals surface area contributed by atoms with Crippen LogP contribution in [-0.4, -0.2) is 52.7 Å². The first-order valence-corrected chi connectivity index (χ1v) is 9.19. The predicted molar refractivity (Wildman–Crippen MR) is 98.0 cm³/mol. The molecule has 2 aromatic rings. The largest absolute Gasteiger partial charge is 0.491 e. The molecule has 0 bridgehead atoms. The molecule has 1 aromatic heterocycles. The van der Waals surface area contributed by atoms with Gasteiger partial charge in [0.15, 0.2) is 5.13 Å². The van der Waals surface area contributed by atoms with Crippen molar-refractivity contribution in [2.75, 3.05) is 31.6 Å². The van der Waals surface area contributed by atoms with Crippen LogP contribution < -0.4 is 10.1 Å². The minimum atomic E-state index is -0.838. The van der Waals surface area contributed by atoms with Crippen molar-refractivity contribution in [3.8, 4) is 5.75 Å². The molecule has 0 saturated carbocycles. The summed E-state index contributed by atoms with van der Waals surface area (Å²) in [5, 5.41) is 14.1. The van der Waals surface area contributed by atoms with Crippen LogP contribution in [0.3, 0.4) is 0 Å². The van der Waals surface area contributed by atoms with Gasteiger partial charge < -0.3 is 15.2 Å². The van der Waals surface area contributed by atoms with Crippen molar-refractivity contribution >= 4 is 22.4 Å². The molecule has 2 N–H and O–H groups in total. The average molecular weight is 361 g/mol. The molecule has 25 heavy (non-hydrogen) atoms. The Labute approximate surface area is 151 Å². The number of piperidine rings is 1. The SMILES string of the molecule is Cc1cnc(NC(=O)CN2CCC(O)(COc3ccccc3)CC2)s1. The fourth-order valence-electron chi connectivity index (χ4n) is 2.78. The predicted octanol–water partition coefficient (Wildman–Crippen LogP) is 2.30. The van der Waals surface area contributed by atoms with Crippen LogP contribution in [0.1, 0.15) is 17.7 Å². The lowest BCUT2D eigenvalue weighted by Crippen LogP contribution is -2.49. The number of ether oxygens (including phenoxy) is 1. The van der Waals surface area contributed by atoms with Crippen molar-refractivity contribution < 1.29 is 14.6 Å². The molecule has 1 aromatic carbocycles. The zero-order chi connectivity index (χ0) is 17.7. The van der Waals surface area contributed by atoms with Crippen LogP contribution in [0.25, 0.3) is 0 Å². The quantitative estimate of drug-likeness (QED) is 0.826. The summed E-state index contributed by atoms with van der Waals surface area (Å²) in [4.78, 5) is 19.3. The molecule has 2 heterocycles. The fourth-order valence-corrected chi connectivity index (χ4v) is 3.46. The fraction of sp³-hybridized carbons (Fsp3) is 0.444. The molecule has 0 spiro atoms.